The SMILES string of the molecule is Cc1ccccc1NC(=O)C(=O)Nc1cc(C(F)(F)F)cc(C(F)(F)F)c1. The molecule has 0 radical (unpaired) electrons. The van der Waals surface area contributed by atoms with Gasteiger partial charge in [0.2, 0.25) is 0 Å². The molecule has 0 aliphatic heterocycles. The number of carbonyl (C=O) groups is 2. The molecule has 0 unspecified atom stereocenters. The molecule has 144 valence electrons. The Hall–Kier alpha value is -3.04. The van der Waals surface area contributed by atoms with E-state index in [9.17, 15) is 35.9 Å². The van der Waals surface area contributed by atoms with Crippen molar-refractivity contribution in [3.63, 3.8) is 0 Å². The van der Waals surface area contributed by atoms with Crippen molar-refractivity contribution in [1.82, 2.24) is 0 Å². The van der Waals surface area contributed by atoms with Crippen LogP contribution in [0.25, 0.3) is 0 Å². The smallest absolute Gasteiger partial charge is 0.318 e. The van der Waals surface area contributed by atoms with E-state index in [0.717, 1.165) is 0 Å². The summed E-state index contributed by atoms with van der Waals surface area (Å²) in [7, 11) is 0. The van der Waals surface area contributed by atoms with Gasteiger partial charge in [-0.25, -0.2) is 0 Å². The zero-order chi connectivity index (χ0) is 20.4. The van der Waals surface area contributed by atoms with E-state index in [4.69, 9.17) is 0 Å². The van der Waals surface area contributed by atoms with Crippen LogP contribution in [0.1, 0.15) is 16.7 Å². The Kier molecular flexibility index (Phi) is 5.48. The summed E-state index contributed by atoms with van der Waals surface area (Å²) in [4.78, 5) is 23.7. The molecule has 0 aliphatic carbocycles. The van der Waals surface area contributed by atoms with Crippen LogP contribution in [0.4, 0.5) is 37.7 Å². The third-order valence-electron chi connectivity index (χ3n) is 3.45. The predicted octanol–water partition coefficient (Wildman–Crippen LogP) is 4.61. The number of hydrogen-bond acceptors (Lipinski definition) is 2. The third kappa shape index (κ3) is 5.22. The van der Waals surface area contributed by atoms with Crippen LogP contribution in [-0.4, -0.2) is 11.8 Å². The highest BCUT2D eigenvalue weighted by molar-refractivity contribution is 6.43. The predicted molar refractivity (Wildman–Crippen MR) is 84.9 cm³/mol. The molecule has 2 amide bonds. The molecule has 0 spiro atoms. The molecule has 4 nitrogen and oxygen atoms in total. The minimum atomic E-state index is -5.07. The van der Waals surface area contributed by atoms with E-state index < -0.39 is 41.0 Å². The molecule has 0 fully saturated rings. The number of amides is 2. The monoisotopic (exact) mass is 390 g/mol. The van der Waals surface area contributed by atoms with Crippen molar-refractivity contribution in [2.24, 2.45) is 0 Å². The van der Waals surface area contributed by atoms with Gasteiger partial charge in [-0.15, -0.1) is 0 Å². The second-order valence-corrected chi connectivity index (χ2v) is 5.52. The topological polar surface area (TPSA) is 58.2 Å². The molecule has 0 atom stereocenters. The summed E-state index contributed by atoms with van der Waals surface area (Å²) in [5, 5.41) is 3.98. The minimum Gasteiger partial charge on any atom is -0.318 e. The van der Waals surface area contributed by atoms with E-state index >= 15 is 0 Å². The Morgan fingerprint density at radius 2 is 1.26 bits per heavy atom. The van der Waals surface area contributed by atoms with Crippen LogP contribution in [0.15, 0.2) is 42.5 Å². The van der Waals surface area contributed by atoms with E-state index in [0.29, 0.717) is 17.7 Å². The quantitative estimate of drug-likeness (QED) is 0.581. The second kappa shape index (κ2) is 7.29. The van der Waals surface area contributed by atoms with Crippen LogP contribution < -0.4 is 10.6 Å². The molecule has 2 N–H and O–H groups in total. The van der Waals surface area contributed by atoms with Gasteiger partial charge in [0.25, 0.3) is 0 Å². The summed E-state index contributed by atoms with van der Waals surface area (Å²) in [6.07, 6.45) is -10.1. The molecule has 0 bridgehead atoms. The number of nitrogens with one attached hydrogen (secondary N) is 2. The molecule has 27 heavy (non-hydrogen) atoms. The fourth-order valence-corrected chi connectivity index (χ4v) is 2.11. The van der Waals surface area contributed by atoms with Crippen molar-refractivity contribution in [2.75, 3.05) is 10.6 Å². The molecular weight excluding hydrogens is 378 g/mol. The first kappa shape index (κ1) is 20.3. The summed E-state index contributed by atoms with van der Waals surface area (Å²) in [5.74, 6) is -2.65. The van der Waals surface area contributed by atoms with Gasteiger partial charge in [-0.2, -0.15) is 26.3 Å². The summed E-state index contributed by atoms with van der Waals surface area (Å²) in [6.45, 7) is 1.63. The number of benzene rings is 2. The van der Waals surface area contributed by atoms with E-state index in [1.54, 1.807) is 30.4 Å². The number of carbonyl (C=O) groups excluding carboxylic acids is 2. The van der Waals surface area contributed by atoms with Gasteiger partial charge in [-0.1, -0.05) is 18.2 Å². The highest BCUT2D eigenvalue weighted by Gasteiger charge is 2.37. The van der Waals surface area contributed by atoms with Crippen LogP contribution >= 0.6 is 0 Å². The zero-order valence-corrected chi connectivity index (χ0v) is 13.6. The Bertz CT molecular complexity index is 842. The maximum atomic E-state index is 12.8. The van der Waals surface area contributed by atoms with Gasteiger partial charge in [0.05, 0.1) is 11.1 Å². The summed E-state index contributed by atoms with van der Waals surface area (Å²) >= 11 is 0. The Morgan fingerprint density at radius 3 is 1.74 bits per heavy atom. The molecule has 0 saturated heterocycles. The maximum Gasteiger partial charge on any atom is 0.416 e. The number of anilines is 2. The fraction of sp³-hybridized carbons (Fsp3) is 0.176. The molecule has 0 aliphatic rings. The lowest BCUT2D eigenvalue weighted by Gasteiger charge is -2.15. The van der Waals surface area contributed by atoms with Gasteiger partial charge in [0.15, 0.2) is 0 Å². The van der Waals surface area contributed by atoms with Gasteiger partial charge >= 0.3 is 24.2 Å². The molecule has 2 rings (SSSR count). The molecule has 0 aromatic heterocycles. The number of hydrogen-bond donors (Lipinski definition) is 2. The first-order valence-corrected chi connectivity index (χ1v) is 7.35. The standard InChI is InChI=1S/C17H12F6N2O2/c1-9-4-2-3-5-13(9)25-15(27)14(26)24-12-7-10(16(18,19)20)6-11(8-12)17(21,22)23/h2-8H,1H3,(H,24,26)(H,25,27). The van der Waals surface area contributed by atoms with Crippen molar-refractivity contribution < 1.29 is 35.9 Å². The Morgan fingerprint density at radius 1 is 0.778 bits per heavy atom. The van der Waals surface area contributed by atoms with Crippen LogP contribution in [-0.2, 0) is 21.9 Å². The zero-order valence-electron chi connectivity index (χ0n) is 13.6. The van der Waals surface area contributed by atoms with Crippen molar-refractivity contribution in [1.29, 1.82) is 0 Å². The number of aryl methyl sites for hydroxylation is 1. The van der Waals surface area contributed by atoms with Crippen LogP contribution in [0.2, 0.25) is 0 Å². The van der Waals surface area contributed by atoms with E-state index in [-0.39, 0.29) is 11.8 Å². The average Bonchev–Trinajstić information content (AvgIpc) is 2.55. The highest BCUT2D eigenvalue weighted by atomic mass is 19.4. The van der Waals surface area contributed by atoms with E-state index in [1.807, 2.05) is 0 Å². The van der Waals surface area contributed by atoms with E-state index in [1.165, 1.54) is 6.07 Å². The third-order valence-corrected chi connectivity index (χ3v) is 3.45. The Labute approximate surface area is 149 Å². The van der Waals surface area contributed by atoms with Crippen molar-refractivity contribution in [3.8, 4) is 0 Å². The molecule has 0 saturated carbocycles. The summed E-state index contributed by atoms with van der Waals surface area (Å²) in [6, 6.07) is 6.91. The first-order chi connectivity index (χ1) is 12.4. The van der Waals surface area contributed by atoms with Gasteiger partial charge in [0.1, 0.15) is 0 Å². The Balaban J connectivity index is 2.26. The number of rotatable bonds is 2. The minimum absolute atomic E-state index is 0.0803. The van der Waals surface area contributed by atoms with Crippen LogP contribution in [0, 0.1) is 6.92 Å². The normalized spacial score (nSPS) is 11.8. The molecule has 2 aromatic carbocycles. The van der Waals surface area contributed by atoms with E-state index in [2.05, 4.69) is 5.32 Å². The lowest BCUT2D eigenvalue weighted by molar-refractivity contribution is -0.143. The fourth-order valence-electron chi connectivity index (χ4n) is 2.11. The van der Waals surface area contributed by atoms with Gasteiger partial charge in [-0.3, -0.25) is 9.59 Å². The molecule has 2 aromatic rings. The van der Waals surface area contributed by atoms with Gasteiger partial charge < -0.3 is 10.6 Å². The lowest BCUT2D eigenvalue weighted by Crippen LogP contribution is -2.29. The summed E-state index contributed by atoms with van der Waals surface area (Å²) in [5.41, 5.74) is -3.13. The molecule has 0 heterocycles. The number of halogens is 6. The summed E-state index contributed by atoms with van der Waals surface area (Å²) < 4.78 is 76.8. The van der Waals surface area contributed by atoms with Gasteiger partial charge in [-0.05, 0) is 36.8 Å². The highest BCUT2D eigenvalue weighted by Crippen LogP contribution is 2.37. The second-order valence-electron chi connectivity index (χ2n) is 5.52. The average molecular weight is 390 g/mol. The number of para-hydroxylation sites is 1. The van der Waals surface area contributed by atoms with Crippen LogP contribution in [0.5, 0.6) is 0 Å². The van der Waals surface area contributed by atoms with Crippen molar-refractivity contribution in [3.05, 3.63) is 59.2 Å². The van der Waals surface area contributed by atoms with Crippen molar-refractivity contribution >= 4 is 23.2 Å². The first-order valence-electron chi connectivity index (χ1n) is 7.35. The van der Waals surface area contributed by atoms with Gasteiger partial charge in [0, 0.05) is 11.4 Å². The number of alkyl halides is 6. The van der Waals surface area contributed by atoms with Crippen LogP contribution in [0.3, 0.4) is 0 Å². The lowest BCUT2D eigenvalue weighted by atomic mass is 10.1. The molecular formula is C17H12F6N2O2. The maximum absolute atomic E-state index is 12.8. The largest absolute Gasteiger partial charge is 0.416 e. The molecule has 10 heteroatoms. The van der Waals surface area contributed by atoms with Crippen molar-refractivity contribution in [2.45, 2.75) is 19.3 Å².